The number of carbonyl (C=O) groups is 1. The van der Waals surface area contributed by atoms with E-state index >= 15 is 0 Å². The number of aliphatic imine (C=N–C) groups is 1. The van der Waals surface area contributed by atoms with Gasteiger partial charge in [-0.15, -0.1) is 0 Å². The number of halogens is 1. The van der Waals surface area contributed by atoms with Crippen molar-refractivity contribution in [2.45, 2.75) is 31.2 Å². The Labute approximate surface area is 144 Å². The molecular formula is C16H20ClN5O2. The van der Waals surface area contributed by atoms with Crippen molar-refractivity contribution in [3.8, 4) is 0 Å². The maximum absolute atomic E-state index is 12.4. The molecule has 1 aromatic heterocycles. The zero-order valence-corrected chi connectivity index (χ0v) is 14.1. The van der Waals surface area contributed by atoms with E-state index in [0.717, 1.165) is 17.5 Å². The van der Waals surface area contributed by atoms with Crippen LogP contribution in [0, 0.1) is 0 Å². The molecular weight excluding hydrogens is 330 g/mol. The molecule has 1 aliphatic heterocycles. The van der Waals surface area contributed by atoms with Gasteiger partial charge in [0.15, 0.2) is 11.3 Å². The molecule has 8 heteroatoms. The van der Waals surface area contributed by atoms with Crippen LogP contribution >= 0.6 is 11.6 Å². The number of H-pyrrole nitrogens is 1. The number of aromatic amines is 1. The SMILES string of the molecule is CCC=NC(Cl)C(N)OC1CN(C(=O)c2nc3ccccc3[nH]2)C1. The van der Waals surface area contributed by atoms with Gasteiger partial charge in [0.25, 0.3) is 5.91 Å². The maximum atomic E-state index is 12.4. The zero-order valence-electron chi connectivity index (χ0n) is 13.4. The lowest BCUT2D eigenvalue weighted by molar-refractivity contribution is -0.0787. The average Bonchev–Trinajstić information content (AvgIpc) is 2.98. The lowest BCUT2D eigenvalue weighted by Crippen LogP contribution is -2.57. The van der Waals surface area contributed by atoms with Crippen molar-refractivity contribution >= 4 is 34.8 Å². The molecule has 3 N–H and O–H groups in total. The fraction of sp³-hybridized carbons (Fsp3) is 0.438. The van der Waals surface area contributed by atoms with E-state index in [2.05, 4.69) is 15.0 Å². The lowest BCUT2D eigenvalue weighted by atomic mass is 10.1. The highest BCUT2D eigenvalue weighted by Gasteiger charge is 2.35. The third-order valence-electron chi connectivity index (χ3n) is 3.78. The second kappa shape index (κ2) is 7.29. The number of hydrogen-bond acceptors (Lipinski definition) is 5. The second-order valence-corrected chi connectivity index (χ2v) is 6.10. The van der Waals surface area contributed by atoms with Crippen molar-refractivity contribution < 1.29 is 9.53 Å². The normalized spacial score (nSPS) is 18.0. The third-order valence-corrected chi connectivity index (χ3v) is 4.14. The number of benzene rings is 1. The number of aromatic nitrogens is 2. The molecule has 128 valence electrons. The number of ether oxygens (including phenoxy) is 1. The van der Waals surface area contributed by atoms with Crippen LogP contribution in [0.3, 0.4) is 0 Å². The Balaban J connectivity index is 1.52. The predicted octanol–water partition coefficient (Wildman–Crippen LogP) is 1.73. The van der Waals surface area contributed by atoms with Crippen LogP contribution in [-0.4, -0.2) is 57.9 Å². The quantitative estimate of drug-likeness (QED) is 0.359. The monoisotopic (exact) mass is 349 g/mol. The van der Waals surface area contributed by atoms with E-state index in [-0.39, 0.29) is 12.0 Å². The molecule has 1 aliphatic rings. The fourth-order valence-corrected chi connectivity index (χ4v) is 2.61. The summed E-state index contributed by atoms with van der Waals surface area (Å²) in [6.45, 7) is 2.89. The molecule has 7 nitrogen and oxygen atoms in total. The Morgan fingerprint density at radius 3 is 3.04 bits per heavy atom. The first-order valence-corrected chi connectivity index (χ1v) is 8.33. The summed E-state index contributed by atoms with van der Waals surface area (Å²) in [5.74, 6) is 0.188. The number of rotatable bonds is 6. The highest BCUT2D eigenvalue weighted by molar-refractivity contribution is 6.21. The van der Waals surface area contributed by atoms with Crippen molar-refractivity contribution in [3.63, 3.8) is 0 Å². The summed E-state index contributed by atoms with van der Waals surface area (Å²) in [4.78, 5) is 25.5. The lowest BCUT2D eigenvalue weighted by Gasteiger charge is -2.39. The summed E-state index contributed by atoms with van der Waals surface area (Å²) in [7, 11) is 0. The van der Waals surface area contributed by atoms with E-state index in [1.54, 1.807) is 11.1 Å². The Morgan fingerprint density at radius 2 is 2.33 bits per heavy atom. The van der Waals surface area contributed by atoms with Gasteiger partial charge in [-0.1, -0.05) is 30.7 Å². The van der Waals surface area contributed by atoms with Crippen molar-refractivity contribution in [2.24, 2.45) is 10.7 Å². The van der Waals surface area contributed by atoms with Crippen molar-refractivity contribution in [1.29, 1.82) is 0 Å². The van der Waals surface area contributed by atoms with Crippen LogP contribution in [0.25, 0.3) is 11.0 Å². The minimum Gasteiger partial charge on any atom is -0.353 e. The minimum absolute atomic E-state index is 0.133. The molecule has 2 aromatic rings. The van der Waals surface area contributed by atoms with Gasteiger partial charge in [-0.3, -0.25) is 9.79 Å². The van der Waals surface area contributed by atoms with Gasteiger partial charge in [-0.25, -0.2) is 4.98 Å². The molecule has 1 fully saturated rings. The highest BCUT2D eigenvalue weighted by atomic mass is 35.5. The largest absolute Gasteiger partial charge is 0.353 e. The van der Waals surface area contributed by atoms with Crippen molar-refractivity contribution in [1.82, 2.24) is 14.9 Å². The van der Waals surface area contributed by atoms with E-state index in [0.29, 0.717) is 18.9 Å². The molecule has 1 amide bonds. The molecule has 1 saturated heterocycles. The molecule has 24 heavy (non-hydrogen) atoms. The zero-order chi connectivity index (χ0) is 17.1. The minimum atomic E-state index is -0.692. The second-order valence-electron chi connectivity index (χ2n) is 5.65. The molecule has 0 bridgehead atoms. The molecule has 2 heterocycles. The van der Waals surface area contributed by atoms with Gasteiger partial charge in [0, 0.05) is 19.3 Å². The van der Waals surface area contributed by atoms with E-state index in [9.17, 15) is 4.79 Å². The Morgan fingerprint density at radius 1 is 1.58 bits per heavy atom. The van der Waals surface area contributed by atoms with E-state index in [1.807, 2.05) is 31.2 Å². The molecule has 3 rings (SSSR count). The van der Waals surface area contributed by atoms with E-state index < -0.39 is 11.7 Å². The van der Waals surface area contributed by atoms with Gasteiger partial charge in [-0.05, 0) is 18.6 Å². The van der Waals surface area contributed by atoms with Crippen LogP contribution in [0.4, 0.5) is 0 Å². The topological polar surface area (TPSA) is 96.6 Å². The summed E-state index contributed by atoms with van der Waals surface area (Å²) in [5.41, 5.74) is 6.86. The van der Waals surface area contributed by atoms with Gasteiger partial charge >= 0.3 is 0 Å². The number of hydrogen-bond donors (Lipinski definition) is 2. The first-order valence-electron chi connectivity index (χ1n) is 7.89. The number of para-hydroxylation sites is 2. The molecule has 0 radical (unpaired) electrons. The maximum Gasteiger partial charge on any atom is 0.289 e. The molecule has 0 spiro atoms. The van der Waals surface area contributed by atoms with Crippen LogP contribution in [0.15, 0.2) is 29.3 Å². The van der Waals surface area contributed by atoms with Crippen molar-refractivity contribution in [2.75, 3.05) is 13.1 Å². The molecule has 2 atom stereocenters. The first kappa shape index (κ1) is 16.9. The molecule has 0 aliphatic carbocycles. The number of carbonyl (C=O) groups excluding carboxylic acids is 1. The summed E-state index contributed by atoms with van der Waals surface area (Å²) >= 11 is 6.03. The highest BCUT2D eigenvalue weighted by Crippen LogP contribution is 2.19. The number of amides is 1. The number of imidazole rings is 1. The number of fused-ring (bicyclic) bond motifs is 1. The van der Waals surface area contributed by atoms with Gasteiger partial charge < -0.3 is 20.4 Å². The first-order chi connectivity index (χ1) is 11.6. The van der Waals surface area contributed by atoms with E-state index in [1.165, 1.54) is 0 Å². The van der Waals surface area contributed by atoms with Gasteiger partial charge in [0.1, 0.15) is 6.23 Å². The van der Waals surface area contributed by atoms with Crippen LogP contribution in [-0.2, 0) is 4.74 Å². The Hall–Kier alpha value is -1.96. The Bertz CT molecular complexity index is 708. The van der Waals surface area contributed by atoms with Crippen LogP contribution in [0.1, 0.15) is 24.0 Å². The number of nitrogens with one attached hydrogen (secondary N) is 1. The summed E-state index contributed by atoms with van der Waals surface area (Å²) in [5, 5.41) is 0. The van der Waals surface area contributed by atoms with Crippen LogP contribution < -0.4 is 5.73 Å². The smallest absolute Gasteiger partial charge is 0.289 e. The van der Waals surface area contributed by atoms with Crippen LogP contribution in [0.5, 0.6) is 0 Å². The summed E-state index contributed by atoms with van der Waals surface area (Å²) < 4.78 is 5.63. The van der Waals surface area contributed by atoms with E-state index in [4.69, 9.17) is 22.1 Å². The number of likely N-dealkylation sites (tertiary alicyclic amines) is 1. The predicted molar refractivity (Wildman–Crippen MR) is 93.3 cm³/mol. The van der Waals surface area contributed by atoms with Crippen molar-refractivity contribution in [3.05, 3.63) is 30.1 Å². The Kier molecular flexibility index (Phi) is 5.13. The van der Waals surface area contributed by atoms with Gasteiger partial charge in [-0.2, -0.15) is 0 Å². The van der Waals surface area contributed by atoms with Gasteiger partial charge in [0.2, 0.25) is 0 Å². The van der Waals surface area contributed by atoms with Crippen LogP contribution in [0.2, 0.25) is 0 Å². The summed E-state index contributed by atoms with van der Waals surface area (Å²) in [6.07, 6.45) is 1.67. The fourth-order valence-electron chi connectivity index (χ4n) is 2.47. The molecule has 0 saturated carbocycles. The number of alkyl halides is 1. The summed E-state index contributed by atoms with van der Waals surface area (Å²) in [6, 6.07) is 7.53. The average molecular weight is 350 g/mol. The number of nitrogens with two attached hydrogens (primary N) is 1. The molecule has 1 aromatic carbocycles. The standard InChI is InChI=1S/C16H20ClN5O2/c1-2-7-19-13(17)14(18)24-10-8-22(9-10)16(23)15-20-11-5-3-4-6-12(11)21-15/h3-7,10,13-14H,2,8-9,18H2,1H3,(H,20,21). The third kappa shape index (κ3) is 3.58. The number of nitrogens with zero attached hydrogens (tertiary/aromatic N) is 3. The van der Waals surface area contributed by atoms with Gasteiger partial charge in [0.05, 0.1) is 17.1 Å². The molecule has 2 unspecified atom stereocenters.